The maximum atomic E-state index is 12.6. The molecule has 3 N–H and O–H groups in total. The Hall–Kier alpha value is -1.01. The van der Waals surface area contributed by atoms with Gasteiger partial charge in [0.15, 0.2) is 0 Å². The fourth-order valence-electron chi connectivity index (χ4n) is 3.94. The van der Waals surface area contributed by atoms with E-state index >= 15 is 0 Å². The maximum Gasteiger partial charge on any atom is 0.315 e. The SMILES string of the molecule is CCCN(C(=O)CCCNC(=O)NC1CCCCC1)C1CCNCC1.Cl. The first-order chi connectivity index (χ1) is 12.2. The van der Waals surface area contributed by atoms with Crippen LogP contribution in [0.25, 0.3) is 0 Å². The third-order valence-corrected chi connectivity index (χ3v) is 5.33. The van der Waals surface area contributed by atoms with Crippen LogP contribution in [0.5, 0.6) is 0 Å². The Morgan fingerprint density at radius 1 is 1.08 bits per heavy atom. The largest absolute Gasteiger partial charge is 0.340 e. The highest BCUT2D eigenvalue weighted by Gasteiger charge is 2.24. The number of hydrogen-bond donors (Lipinski definition) is 3. The minimum absolute atomic E-state index is 0. The molecule has 2 aliphatic rings. The lowest BCUT2D eigenvalue weighted by molar-refractivity contribution is -0.134. The lowest BCUT2D eigenvalue weighted by atomic mass is 9.96. The second-order valence-corrected chi connectivity index (χ2v) is 7.41. The van der Waals surface area contributed by atoms with Gasteiger partial charge < -0.3 is 20.9 Å². The van der Waals surface area contributed by atoms with Crippen molar-refractivity contribution >= 4 is 24.3 Å². The van der Waals surface area contributed by atoms with E-state index in [0.29, 0.717) is 31.5 Å². The number of amides is 3. The number of carbonyl (C=O) groups is 2. The third-order valence-electron chi connectivity index (χ3n) is 5.33. The molecule has 2 fully saturated rings. The number of nitrogens with one attached hydrogen (secondary N) is 3. The molecule has 0 radical (unpaired) electrons. The summed E-state index contributed by atoms with van der Waals surface area (Å²) in [5, 5.41) is 9.31. The minimum atomic E-state index is -0.0804. The molecule has 0 aromatic carbocycles. The third kappa shape index (κ3) is 8.12. The van der Waals surface area contributed by atoms with Gasteiger partial charge in [-0.3, -0.25) is 4.79 Å². The summed E-state index contributed by atoms with van der Waals surface area (Å²) in [5.74, 6) is 0.239. The van der Waals surface area contributed by atoms with E-state index < -0.39 is 0 Å². The molecule has 7 heteroatoms. The number of nitrogens with zero attached hydrogens (tertiary/aromatic N) is 1. The van der Waals surface area contributed by atoms with Crippen LogP contribution in [0.3, 0.4) is 0 Å². The molecule has 3 amide bonds. The van der Waals surface area contributed by atoms with Crippen LogP contribution in [0.2, 0.25) is 0 Å². The van der Waals surface area contributed by atoms with Gasteiger partial charge in [0.2, 0.25) is 5.91 Å². The van der Waals surface area contributed by atoms with Gasteiger partial charge in [0, 0.05) is 31.6 Å². The maximum absolute atomic E-state index is 12.6. The van der Waals surface area contributed by atoms with Crippen molar-refractivity contribution in [3.8, 4) is 0 Å². The Labute approximate surface area is 164 Å². The summed E-state index contributed by atoms with van der Waals surface area (Å²) < 4.78 is 0. The van der Waals surface area contributed by atoms with Crippen LogP contribution >= 0.6 is 12.4 Å². The normalized spacial score (nSPS) is 18.7. The zero-order valence-electron chi connectivity index (χ0n) is 16.2. The van der Waals surface area contributed by atoms with Crippen molar-refractivity contribution < 1.29 is 9.59 Å². The number of hydrogen-bond acceptors (Lipinski definition) is 3. The highest BCUT2D eigenvalue weighted by Crippen LogP contribution is 2.17. The summed E-state index contributed by atoms with van der Waals surface area (Å²) in [6.45, 7) is 5.54. The van der Waals surface area contributed by atoms with Crippen molar-refractivity contribution in [3.05, 3.63) is 0 Å². The molecule has 152 valence electrons. The molecule has 0 unspecified atom stereocenters. The Morgan fingerprint density at radius 3 is 2.42 bits per heavy atom. The van der Waals surface area contributed by atoms with Crippen LogP contribution in [0.1, 0.15) is 71.1 Å². The quantitative estimate of drug-likeness (QED) is 0.560. The zero-order valence-corrected chi connectivity index (χ0v) is 17.0. The molecular weight excluding hydrogens is 352 g/mol. The van der Waals surface area contributed by atoms with Gasteiger partial charge in [-0.2, -0.15) is 0 Å². The molecule has 0 aromatic rings. The van der Waals surface area contributed by atoms with Crippen LogP contribution in [0.15, 0.2) is 0 Å². The van der Waals surface area contributed by atoms with E-state index in [9.17, 15) is 9.59 Å². The average molecular weight is 389 g/mol. The van der Waals surface area contributed by atoms with Gasteiger partial charge in [0.25, 0.3) is 0 Å². The van der Waals surface area contributed by atoms with Crippen molar-refractivity contribution in [2.75, 3.05) is 26.2 Å². The predicted molar refractivity (Wildman–Crippen MR) is 108 cm³/mol. The molecule has 1 saturated heterocycles. The summed E-state index contributed by atoms with van der Waals surface area (Å²) in [4.78, 5) is 26.6. The Kier molecular flexibility index (Phi) is 11.7. The van der Waals surface area contributed by atoms with Crippen LogP contribution in [0.4, 0.5) is 4.79 Å². The second kappa shape index (κ2) is 13.2. The van der Waals surface area contributed by atoms with E-state index in [2.05, 4.69) is 27.8 Å². The van der Waals surface area contributed by atoms with Gasteiger partial charge >= 0.3 is 6.03 Å². The number of urea groups is 1. The summed E-state index contributed by atoms with van der Waals surface area (Å²) in [6.07, 6.45) is 10.2. The van der Waals surface area contributed by atoms with E-state index in [4.69, 9.17) is 0 Å². The lowest BCUT2D eigenvalue weighted by Gasteiger charge is -2.34. The van der Waals surface area contributed by atoms with Gasteiger partial charge in [-0.15, -0.1) is 12.4 Å². The smallest absolute Gasteiger partial charge is 0.315 e. The van der Waals surface area contributed by atoms with E-state index in [1.807, 2.05) is 0 Å². The Balaban J connectivity index is 0.00000338. The summed E-state index contributed by atoms with van der Waals surface area (Å²) >= 11 is 0. The first kappa shape index (κ1) is 23.0. The number of carbonyl (C=O) groups excluding carboxylic acids is 2. The molecule has 0 aromatic heterocycles. The van der Waals surface area contributed by atoms with Crippen molar-refractivity contribution in [2.24, 2.45) is 0 Å². The standard InChI is InChI=1S/C19H36N4O2.ClH/c1-2-15-23(17-10-13-20-14-11-17)18(24)9-6-12-21-19(25)22-16-7-4-3-5-8-16;/h16-17,20H,2-15H2,1H3,(H2,21,22,25);1H. The topological polar surface area (TPSA) is 73.5 Å². The van der Waals surface area contributed by atoms with Crippen LogP contribution in [0, 0.1) is 0 Å². The predicted octanol–water partition coefficient (Wildman–Crippen LogP) is 2.81. The highest BCUT2D eigenvalue weighted by atomic mass is 35.5. The fraction of sp³-hybridized carbons (Fsp3) is 0.895. The van der Waals surface area contributed by atoms with Gasteiger partial charge in [0.1, 0.15) is 0 Å². The van der Waals surface area contributed by atoms with Gasteiger partial charge in [0.05, 0.1) is 0 Å². The summed E-state index contributed by atoms with van der Waals surface area (Å²) in [7, 11) is 0. The number of piperidine rings is 1. The number of rotatable bonds is 8. The van der Waals surface area contributed by atoms with Gasteiger partial charge in [-0.1, -0.05) is 26.2 Å². The summed E-state index contributed by atoms with van der Waals surface area (Å²) in [5.41, 5.74) is 0. The van der Waals surface area contributed by atoms with Crippen molar-refractivity contribution in [1.82, 2.24) is 20.9 Å². The van der Waals surface area contributed by atoms with Crippen molar-refractivity contribution in [2.45, 2.75) is 83.2 Å². The fourth-order valence-corrected chi connectivity index (χ4v) is 3.94. The molecule has 26 heavy (non-hydrogen) atoms. The zero-order chi connectivity index (χ0) is 17.9. The molecule has 6 nitrogen and oxygen atoms in total. The van der Waals surface area contributed by atoms with Crippen LogP contribution in [-0.2, 0) is 4.79 Å². The average Bonchev–Trinajstić information content (AvgIpc) is 2.64. The minimum Gasteiger partial charge on any atom is -0.340 e. The van der Waals surface area contributed by atoms with Crippen LogP contribution < -0.4 is 16.0 Å². The monoisotopic (exact) mass is 388 g/mol. The molecular formula is C19H37ClN4O2. The Morgan fingerprint density at radius 2 is 1.77 bits per heavy atom. The highest BCUT2D eigenvalue weighted by molar-refractivity contribution is 5.85. The van der Waals surface area contributed by atoms with Crippen molar-refractivity contribution in [1.29, 1.82) is 0 Å². The Bertz CT molecular complexity index is 410. The van der Waals surface area contributed by atoms with Crippen LogP contribution in [-0.4, -0.2) is 55.1 Å². The molecule has 1 heterocycles. The molecule has 2 rings (SSSR count). The first-order valence-electron chi connectivity index (χ1n) is 10.2. The molecule has 1 saturated carbocycles. The molecule has 0 atom stereocenters. The molecule has 1 aliphatic carbocycles. The van der Waals surface area contributed by atoms with E-state index in [1.54, 1.807) is 0 Å². The first-order valence-corrected chi connectivity index (χ1v) is 10.2. The molecule has 0 spiro atoms. The van der Waals surface area contributed by atoms with E-state index in [0.717, 1.165) is 51.7 Å². The number of halogens is 1. The van der Waals surface area contributed by atoms with Crippen molar-refractivity contribution in [3.63, 3.8) is 0 Å². The second-order valence-electron chi connectivity index (χ2n) is 7.41. The van der Waals surface area contributed by atoms with Gasteiger partial charge in [-0.05, 0) is 51.6 Å². The summed E-state index contributed by atoms with van der Waals surface area (Å²) in [6, 6.07) is 0.634. The van der Waals surface area contributed by atoms with E-state index in [-0.39, 0.29) is 24.3 Å². The van der Waals surface area contributed by atoms with Gasteiger partial charge in [-0.25, -0.2) is 4.79 Å². The molecule has 1 aliphatic heterocycles. The molecule has 0 bridgehead atoms. The lowest BCUT2D eigenvalue weighted by Crippen LogP contribution is -2.46. The van der Waals surface area contributed by atoms with E-state index in [1.165, 1.54) is 19.3 Å².